The predicted molar refractivity (Wildman–Crippen MR) is 86.1 cm³/mol. The average Bonchev–Trinajstić information content (AvgIpc) is 2.47. The van der Waals surface area contributed by atoms with E-state index in [-0.39, 0.29) is 11.5 Å². The summed E-state index contributed by atoms with van der Waals surface area (Å²) in [6.07, 6.45) is 1.96. The van der Waals surface area contributed by atoms with E-state index in [2.05, 4.69) is 4.72 Å². The van der Waals surface area contributed by atoms with E-state index in [0.717, 1.165) is 4.90 Å². The molecule has 2 aromatic rings. The van der Waals surface area contributed by atoms with Crippen molar-refractivity contribution < 1.29 is 13.5 Å². The molecular weight excluding hydrogens is 306 g/mol. The van der Waals surface area contributed by atoms with Gasteiger partial charge in [-0.15, -0.1) is 11.8 Å². The Kier molecular flexibility index (Phi) is 4.92. The van der Waals surface area contributed by atoms with Crippen LogP contribution < -0.4 is 4.72 Å². The molecule has 0 aliphatic heterocycles. The molecule has 0 aliphatic carbocycles. The summed E-state index contributed by atoms with van der Waals surface area (Å²) >= 11 is 1.59. The van der Waals surface area contributed by atoms with Gasteiger partial charge in [-0.2, -0.15) is 0 Å². The summed E-state index contributed by atoms with van der Waals surface area (Å²) in [5.74, 6) is 0. The van der Waals surface area contributed by atoms with Crippen molar-refractivity contribution in [3.8, 4) is 0 Å². The van der Waals surface area contributed by atoms with Gasteiger partial charge in [0.15, 0.2) is 0 Å². The summed E-state index contributed by atoms with van der Waals surface area (Å²) in [4.78, 5) is 1.25. The van der Waals surface area contributed by atoms with Crippen molar-refractivity contribution in [2.75, 3.05) is 11.0 Å². The third kappa shape index (κ3) is 3.58. The Morgan fingerprint density at radius 1 is 1.14 bits per heavy atom. The van der Waals surface area contributed by atoms with Crippen LogP contribution in [0.5, 0.6) is 0 Å². The largest absolute Gasteiger partial charge is 0.392 e. The smallest absolute Gasteiger partial charge is 0.262 e. The Hall–Kier alpha value is -1.50. The third-order valence-corrected chi connectivity index (χ3v) is 5.47. The van der Waals surface area contributed by atoms with Gasteiger partial charge >= 0.3 is 0 Å². The van der Waals surface area contributed by atoms with Crippen LogP contribution in [0, 0.1) is 6.92 Å². The molecule has 112 valence electrons. The Labute approximate surface area is 129 Å². The van der Waals surface area contributed by atoms with Gasteiger partial charge in [0, 0.05) is 10.6 Å². The van der Waals surface area contributed by atoms with E-state index >= 15 is 0 Å². The lowest BCUT2D eigenvalue weighted by molar-refractivity contribution is 0.280. The van der Waals surface area contributed by atoms with E-state index in [1.54, 1.807) is 43.0 Å². The zero-order chi connectivity index (χ0) is 15.5. The topological polar surface area (TPSA) is 66.4 Å². The first kappa shape index (κ1) is 15.9. The van der Waals surface area contributed by atoms with E-state index in [4.69, 9.17) is 0 Å². The number of aliphatic hydroxyl groups is 1. The first-order valence-electron chi connectivity index (χ1n) is 6.34. The summed E-state index contributed by atoms with van der Waals surface area (Å²) in [5.41, 5.74) is 1.69. The van der Waals surface area contributed by atoms with E-state index in [1.807, 2.05) is 18.4 Å². The summed E-state index contributed by atoms with van der Waals surface area (Å²) in [5, 5.41) is 9.24. The molecule has 21 heavy (non-hydrogen) atoms. The zero-order valence-electron chi connectivity index (χ0n) is 11.8. The highest BCUT2D eigenvalue weighted by molar-refractivity contribution is 7.98. The molecule has 6 heteroatoms. The molecule has 2 aromatic carbocycles. The summed E-state index contributed by atoms with van der Waals surface area (Å²) < 4.78 is 27.5. The monoisotopic (exact) mass is 323 g/mol. The highest BCUT2D eigenvalue weighted by Gasteiger charge is 2.18. The van der Waals surface area contributed by atoms with Gasteiger partial charge in [-0.1, -0.05) is 12.1 Å². The Bertz CT molecular complexity index is 725. The number of anilines is 1. The lowest BCUT2D eigenvalue weighted by Gasteiger charge is -2.12. The lowest BCUT2D eigenvalue weighted by atomic mass is 10.1. The maximum atomic E-state index is 12.4. The molecule has 0 unspecified atom stereocenters. The van der Waals surface area contributed by atoms with Crippen molar-refractivity contribution in [3.63, 3.8) is 0 Å². The van der Waals surface area contributed by atoms with Crippen LogP contribution in [0.2, 0.25) is 0 Å². The number of benzene rings is 2. The minimum Gasteiger partial charge on any atom is -0.392 e. The van der Waals surface area contributed by atoms with Gasteiger partial charge in [0.1, 0.15) is 0 Å². The highest BCUT2D eigenvalue weighted by Crippen LogP contribution is 2.23. The number of aliphatic hydroxyl groups excluding tert-OH is 1. The van der Waals surface area contributed by atoms with Crippen LogP contribution in [0.4, 0.5) is 5.69 Å². The van der Waals surface area contributed by atoms with Gasteiger partial charge in [0.2, 0.25) is 0 Å². The number of hydrogen-bond donors (Lipinski definition) is 2. The molecule has 0 spiro atoms. The summed E-state index contributed by atoms with van der Waals surface area (Å²) in [6, 6.07) is 12.1. The number of thioether (sulfide) groups is 1. The van der Waals surface area contributed by atoms with Gasteiger partial charge < -0.3 is 5.11 Å². The van der Waals surface area contributed by atoms with Crippen molar-refractivity contribution in [2.45, 2.75) is 23.3 Å². The Morgan fingerprint density at radius 3 is 2.38 bits per heavy atom. The lowest BCUT2D eigenvalue weighted by Crippen LogP contribution is -2.15. The van der Waals surface area contributed by atoms with Crippen molar-refractivity contribution in [2.24, 2.45) is 0 Å². The van der Waals surface area contributed by atoms with Crippen molar-refractivity contribution in [1.82, 2.24) is 0 Å². The summed E-state index contributed by atoms with van der Waals surface area (Å²) in [6.45, 7) is 1.51. The maximum absolute atomic E-state index is 12.4. The fraction of sp³-hybridized carbons (Fsp3) is 0.200. The van der Waals surface area contributed by atoms with Crippen molar-refractivity contribution >= 4 is 27.5 Å². The fourth-order valence-electron chi connectivity index (χ4n) is 1.99. The van der Waals surface area contributed by atoms with Crippen LogP contribution in [0.15, 0.2) is 52.3 Å². The average molecular weight is 323 g/mol. The molecule has 0 bridgehead atoms. The van der Waals surface area contributed by atoms with E-state index in [0.29, 0.717) is 16.8 Å². The molecular formula is C15H17NO3S2. The quantitative estimate of drug-likeness (QED) is 0.830. The molecule has 0 aromatic heterocycles. The minimum atomic E-state index is -3.66. The van der Waals surface area contributed by atoms with Crippen LogP contribution in [-0.2, 0) is 16.6 Å². The molecule has 0 saturated carbocycles. The summed E-state index contributed by atoms with van der Waals surface area (Å²) in [7, 11) is -3.66. The van der Waals surface area contributed by atoms with E-state index in [1.165, 1.54) is 6.07 Å². The van der Waals surface area contributed by atoms with E-state index in [9.17, 15) is 13.5 Å². The van der Waals surface area contributed by atoms with Crippen LogP contribution >= 0.6 is 11.8 Å². The van der Waals surface area contributed by atoms with Crippen LogP contribution in [0.25, 0.3) is 0 Å². The van der Waals surface area contributed by atoms with Crippen LogP contribution in [0.1, 0.15) is 11.1 Å². The minimum absolute atomic E-state index is 0.183. The van der Waals surface area contributed by atoms with Crippen molar-refractivity contribution in [3.05, 3.63) is 53.6 Å². The van der Waals surface area contributed by atoms with Crippen LogP contribution in [0.3, 0.4) is 0 Å². The van der Waals surface area contributed by atoms with Gasteiger partial charge in [0.05, 0.1) is 11.5 Å². The van der Waals surface area contributed by atoms with Gasteiger partial charge in [-0.25, -0.2) is 8.42 Å². The first-order valence-corrected chi connectivity index (χ1v) is 9.05. The normalized spacial score (nSPS) is 11.4. The molecule has 0 fully saturated rings. The molecule has 2 N–H and O–H groups in total. The van der Waals surface area contributed by atoms with Crippen molar-refractivity contribution in [1.29, 1.82) is 0 Å². The number of hydrogen-bond acceptors (Lipinski definition) is 4. The molecule has 0 amide bonds. The zero-order valence-corrected chi connectivity index (χ0v) is 13.5. The van der Waals surface area contributed by atoms with Gasteiger partial charge in [-0.3, -0.25) is 4.72 Å². The Balaban J connectivity index is 2.33. The number of nitrogens with one attached hydrogen (secondary N) is 1. The molecule has 0 aliphatic rings. The molecule has 0 radical (unpaired) electrons. The van der Waals surface area contributed by atoms with Crippen LogP contribution in [-0.4, -0.2) is 19.8 Å². The maximum Gasteiger partial charge on any atom is 0.262 e. The standard InChI is InChI=1S/C15H17NO3S2/c1-11-12(10-17)4-3-5-15(11)21(18,19)16-13-6-8-14(20-2)9-7-13/h3-9,16-17H,10H2,1-2H3. The second-order valence-electron chi connectivity index (χ2n) is 4.53. The highest BCUT2D eigenvalue weighted by atomic mass is 32.2. The third-order valence-electron chi connectivity index (χ3n) is 3.20. The van der Waals surface area contributed by atoms with Gasteiger partial charge in [-0.05, 0) is 54.6 Å². The second-order valence-corrected chi connectivity index (χ2v) is 7.06. The Morgan fingerprint density at radius 2 is 1.81 bits per heavy atom. The fourth-order valence-corrected chi connectivity index (χ4v) is 3.75. The molecule has 0 heterocycles. The van der Waals surface area contributed by atoms with Gasteiger partial charge in [0.25, 0.3) is 10.0 Å². The molecule has 4 nitrogen and oxygen atoms in total. The number of sulfonamides is 1. The SMILES string of the molecule is CSc1ccc(NS(=O)(=O)c2cccc(CO)c2C)cc1. The van der Waals surface area contributed by atoms with E-state index < -0.39 is 10.0 Å². The number of rotatable bonds is 5. The first-order chi connectivity index (χ1) is 9.97. The second kappa shape index (κ2) is 6.51. The molecule has 0 atom stereocenters. The predicted octanol–water partition coefficient (Wildman–Crippen LogP) is 3.01. The molecule has 0 saturated heterocycles. The molecule has 2 rings (SSSR count).